The zero-order chi connectivity index (χ0) is 15.5. The van der Waals surface area contributed by atoms with E-state index in [0.717, 1.165) is 38.7 Å². The smallest absolute Gasteiger partial charge is 0.191 e. The van der Waals surface area contributed by atoms with Crippen LogP contribution >= 0.6 is 35.3 Å². The molecule has 1 atom stereocenters. The van der Waals surface area contributed by atoms with E-state index in [0.29, 0.717) is 5.92 Å². The van der Waals surface area contributed by atoms with Gasteiger partial charge in [0.1, 0.15) is 0 Å². The molecule has 1 aromatic heterocycles. The summed E-state index contributed by atoms with van der Waals surface area (Å²) >= 11 is 1.74. The Balaban J connectivity index is 0.00000441. The normalized spacial score (nSPS) is 12.9. The van der Waals surface area contributed by atoms with Gasteiger partial charge in [-0.25, -0.2) is 0 Å². The topological polar surface area (TPSA) is 48.9 Å². The minimum Gasteiger partial charge on any atom is -0.383 e. The highest BCUT2D eigenvalue weighted by Gasteiger charge is 2.07. The summed E-state index contributed by atoms with van der Waals surface area (Å²) in [5.74, 6) is 1.34. The number of hydrogen-bond donors (Lipinski definition) is 2. The summed E-state index contributed by atoms with van der Waals surface area (Å²) < 4.78 is 5.06. The fourth-order valence-electron chi connectivity index (χ4n) is 1.87. The molecule has 7 heteroatoms. The molecule has 0 aliphatic heterocycles. The fourth-order valence-corrected chi connectivity index (χ4v) is 2.65. The lowest BCUT2D eigenvalue weighted by atomic mass is 10.1. The van der Waals surface area contributed by atoms with Crippen molar-refractivity contribution in [2.24, 2.45) is 4.99 Å². The molecule has 0 aliphatic carbocycles. The maximum absolute atomic E-state index is 5.06. The Labute approximate surface area is 155 Å². The molecular formula is C15H29IN4OS. The lowest BCUT2D eigenvalue weighted by molar-refractivity contribution is 0.162. The Kier molecular flexibility index (Phi) is 12.9. The summed E-state index contributed by atoms with van der Waals surface area (Å²) in [5.41, 5.74) is 1.38. The van der Waals surface area contributed by atoms with E-state index in [4.69, 9.17) is 4.74 Å². The molecule has 0 fully saturated rings. The minimum atomic E-state index is 0. The van der Waals surface area contributed by atoms with Crippen molar-refractivity contribution in [1.29, 1.82) is 0 Å². The minimum absolute atomic E-state index is 0. The molecule has 0 radical (unpaired) electrons. The van der Waals surface area contributed by atoms with Crippen LogP contribution in [0.5, 0.6) is 0 Å². The van der Waals surface area contributed by atoms with E-state index in [1.807, 2.05) is 0 Å². The monoisotopic (exact) mass is 440 g/mol. The van der Waals surface area contributed by atoms with Gasteiger partial charge in [0.2, 0.25) is 0 Å². The van der Waals surface area contributed by atoms with Crippen LogP contribution in [0.2, 0.25) is 0 Å². The summed E-state index contributed by atoms with van der Waals surface area (Å²) in [7, 11) is 5.63. The van der Waals surface area contributed by atoms with Crippen LogP contribution in [0.1, 0.15) is 18.4 Å². The van der Waals surface area contributed by atoms with Gasteiger partial charge in [-0.05, 0) is 35.4 Å². The van der Waals surface area contributed by atoms with E-state index in [9.17, 15) is 0 Å². The largest absolute Gasteiger partial charge is 0.383 e. The molecule has 22 heavy (non-hydrogen) atoms. The van der Waals surface area contributed by atoms with Crippen molar-refractivity contribution in [2.75, 3.05) is 54.0 Å². The average Bonchev–Trinajstić information content (AvgIpc) is 3.02. The SMILES string of the molecule is CN=C(NCCN(C)CCOC)NCC(C)c1ccsc1.I. The van der Waals surface area contributed by atoms with Crippen molar-refractivity contribution < 1.29 is 4.74 Å². The van der Waals surface area contributed by atoms with Gasteiger partial charge in [0, 0.05) is 40.3 Å². The first-order chi connectivity index (χ1) is 10.2. The van der Waals surface area contributed by atoms with Gasteiger partial charge in [0.25, 0.3) is 0 Å². The maximum Gasteiger partial charge on any atom is 0.191 e. The van der Waals surface area contributed by atoms with Crippen LogP contribution in [0, 0.1) is 0 Å². The third-order valence-corrected chi connectivity index (χ3v) is 4.08. The molecule has 5 nitrogen and oxygen atoms in total. The second-order valence-electron chi connectivity index (χ2n) is 5.13. The van der Waals surface area contributed by atoms with Gasteiger partial charge in [-0.15, -0.1) is 24.0 Å². The first-order valence-electron chi connectivity index (χ1n) is 7.31. The van der Waals surface area contributed by atoms with Crippen LogP contribution in [-0.2, 0) is 4.74 Å². The quantitative estimate of drug-likeness (QED) is 0.351. The zero-order valence-corrected chi connectivity index (χ0v) is 17.1. The molecule has 128 valence electrons. The Morgan fingerprint density at radius 3 is 2.77 bits per heavy atom. The third-order valence-electron chi connectivity index (χ3n) is 3.37. The first-order valence-corrected chi connectivity index (χ1v) is 8.25. The van der Waals surface area contributed by atoms with Crippen LogP contribution in [0.15, 0.2) is 21.8 Å². The number of likely N-dealkylation sites (N-methyl/N-ethyl adjacent to an activating group) is 1. The van der Waals surface area contributed by atoms with Crippen LogP contribution in [0.3, 0.4) is 0 Å². The lowest BCUT2D eigenvalue weighted by Crippen LogP contribution is -2.42. The van der Waals surface area contributed by atoms with E-state index in [-0.39, 0.29) is 24.0 Å². The molecule has 0 amide bonds. The average molecular weight is 440 g/mol. The predicted octanol–water partition coefficient (Wildman–Crippen LogP) is 2.21. The maximum atomic E-state index is 5.06. The first kappa shape index (κ1) is 21.6. The van der Waals surface area contributed by atoms with Crippen molar-refractivity contribution in [3.05, 3.63) is 22.4 Å². The summed E-state index contributed by atoms with van der Waals surface area (Å²) in [6.45, 7) is 6.65. The van der Waals surface area contributed by atoms with Gasteiger partial charge in [0.15, 0.2) is 5.96 Å². The molecule has 0 aliphatic rings. The number of halogens is 1. The zero-order valence-electron chi connectivity index (χ0n) is 14.0. The number of ether oxygens (including phenoxy) is 1. The standard InChI is InChI=1S/C15H28N4OS.HI/c1-13(14-5-10-21-12-14)11-18-15(16-2)17-6-7-19(3)8-9-20-4;/h5,10,12-13H,6-9,11H2,1-4H3,(H2,16,17,18);1H. The van der Waals surface area contributed by atoms with Crippen molar-refractivity contribution in [3.8, 4) is 0 Å². The van der Waals surface area contributed by atoms with Crippen LogP contribution in [-0.4, -0.2) is 64.9 Å². The molecule has 2 N–H and O–H groups in total. The van der Waals surface area contributed by atoms with E-state index in [1.54, 1.807) is 25.5 Å². The molecule has 1 aromatic rings. The molecule has 0 bridgehead atoms. The second kappa shape index (κ2) is 13.1. The van der Waals surface area contributed by atoms with Gasteiger partial charge < -0.3 is 20.3 Å². The summed E-state index contributed by atoms with van der Waals surface area (Å²) in [4.78, 5) is 6.49. The fraction of sp³-hybridized carbons (Fsp3) is 0.667. The number of aliphatic imine (C=N–C) groups is 1. The number of hydrogen-bond acceptors (Lipinski definition) is 4. The lowest BCUT2D eigenvalue weighted by Gasteiger charge is -2.19. The third kappa shape index (κ3) is 8.92. The van der Waals surface area contributed by atoms with E-state index in [2.05, 4.69) is 51.3 Å². The van der Waals surface area contributed by atoms with Gasteiger partial charge in [-0.3, -0.25) is 4.99 Å². The molecule has 0 spiro atoms. The van der Waals surface area contributed by atoms with Gasteiger partial charge in [-0.1, -0.05) is 6.92 Å². The molecule has 1 rings (SSSR count). The van der Waals surface area contributed by atoms with Crippen molar-refractivity contribution in [1.82, 2.24) is 15.5 Å². The predicted molar refractivity (Wildman–Crippen MR) is 107 cm³/mol. The highest BCUT2D eigenvalue weighted by molar-refractivity contribution is 14.0. The summed E-state index contributed by atoms with van der Waals surface area (Å²) in [6, 6.07) is 2.18. The number of methoxy groups -OCH3 is 1. The number of rotatable bonds is 9. The number of nitrogens with zero attached hydrogens (tertiary/aromatic N) is 2. The summed E-state index contributed by atoms with van der Waals surface area (Å²) in [6.07, 6.45) is 0. The van der Waals surface area contributed by atoms with Crippen molar-refractivity contribution in [2.45, 2.75) is 12.8 Å². The van der Waals surface area contributed by atoms with E-state index >= 15 is 0 Å². The van der Waals surface area contributed by atoms with Gasteiger partial charge in [0.05, 0.1) is 6.61 Å². The molecule has 0 saturated heterocycles. The number of guanidine groups is 1. The second-order valence-corrected chi connectivity index (χ2v) is 5.91. The van der Waals surface area contributed by atoms with Gasteiger partial charge >= 0.3 is 0 Å². The van der Waals surface area contributed by atoms with Crippen molar-refractivity contribution in [3.63, 3.8) is 0 Å². The van der Waals surface area contributed by atoms with Crippen LogP contribution < -0.4 is 10.6 Å². The van der Waals surface area contributed by atoms with Gasteiger partial charge in [-0.2, -0.15) is 11.3 Å². The van der Waals surface area contributed by atoms with E-state index < -0.39 is 0 Å². The Hall–Kier alpha value is -0.380. The van der Waals surface area contributed by atoms with Crippen molar-refractivity contribution >= 4 is 41.3 Å². The van der Waals surface area contributed by atoms with Crippen LogP contribution in [0.25, 0.3) is 0 Å². The molecule has 0 aromatic carbocycles. The molecule has 1 unspecified atom stereocenters. The highest BCUT2D eigenvalue weighted by Crippen LogP contribution is 2.16. The molecule has 1 heterocycles. The highest BCUT2D eigenvalue weighted by atomic mass is 127. The van der Waals surface area contributed by atoms with E-state index in [1.165, 1.54) is 5.56 Å². The summed E-state index contributed by atoms with van der Waals surface area (Å²) in [5, 5.41) is 11.0. The number of nitrogens with one attached hydrogen (secondary N) is 2. The molecular weight excluding hydrogens is 411 g/mol. The number of thiophene rings is 1. The Bertz CT molecular complexity index is 400. The molecule has 0 saturated carbocycles. The Morgan fingerprint density at radius 1 is 1.41 bits per heavy atom. The van der Waals surface area contributed by atoms with Crippen LogP contribution in [0.4, 0.5) is 0 Å². The Morgan fingerprint density at radius 2 is 2.18 bits per heavy atom.